The second-order valence-electron chi connectivity index (χ2n) is 7.67. The molecule has 1 fully saturated rings. The molecule has 0 spiro atoms. The van der Waals surface area contributed by atoms with E-state index in [1.165, 1.54) is 28.6 Å². The van der Waals surface area contributed by atoms with E-state index in [1.807, 2.05) is 25.1 Å². The van der Waals surface area contributed by atoms with Gasteiger partial charge in [-0.3, -0.25) is 9.10 Å². The highest BCUT2D eigenvalue weighted by atomic mass is 32.2. The van der Waals surface area contributed by atoms with Crippen molar-refractivity contribution in [3.8, 4) is 0 Å². The molecule has 0 saturated carbocycles. The first-order valence-corrected chi connectivity index (χ1v) is 11.5. The minimum absolute atomic E-state index is 0.0198. The van der Waals surface area contributed by atoms with Crippen LogP contribution in [0, 0.1) is 0 Å². The highest BCUT2D eigenvalue weighted by Gasteiger charge is 2.36. The van der Waals surface area contributed by atoms with Gasteiger partial charge in [0.05, 0.1) is 16.1 Å². The maximum absolute atomic E-state index is 13.3. The van der Waals surface area contributed by atoms with Gasteiger partial charge in [-0.1, -0.05) is 24.3 Å². The summed E-state index contributed by atoms with van der Waals surface area (Å²) in [7, 11) is -3.85. The molecular formula is C22H24N2O5S. The number of amides is 1. The zero-order chi connectivity index (χ0) is 21.3. The molecule has 0 bridgehead atoms. The Morgan fingerprint density at radius 1 is 1.07 bits per heavy atom. The lowest BCUT2D eigenvalue weighted by Crippen LogP contribution is -2.35. The molecule has 0 aromatic heterocycles. The van der Waals surface area contributed by atoms with Crippen LogP contribution >= 0.6 is 0 Å². The quantitative estimate of drug-likeness (QED) is 0.684. The van der Waals surface area contributed by atoms with E-state index in [-0.39, 0.29) is 29.0 Å². The first-order chi connectivity index (χ1) is 14.4. The molecule has 8 heteroatoms. The van der Waals surface area contributed by atoms with E-state index in [2.05, 4.69) is 0 Å². The highest BCUT2D eigenvalue weighted by Crippen LogP contribution is 2.36. The highest BCUT2D eigenvalue weighted by molar-refractivity contribution is 7.92. The van der Waals surface area contributed by atoms with Crippen LogP contribution in [-0.2, 0) is 26.0 Å². The van der Waals surface area contributed by atoms with Crippen molar-refractivity contribution in [2.24, 2.45) is 0 Å². The van der Waals surface area contributed by atoms with Crippen molar-refractivity contribution >= 4 is 27.6 Å². The van der Waals surface area contributed by atoms with Gasteiger partial charge in [0.15, 0.2) is 6.61 Å². The number of hydrogen-bond donors (Lipinski definition) is 0. The van der Waals surface area contributed by atoms with E-state index in [9.17, 15) is 18.0 Å². The van der Waals surface area contributed by atoms with Crippen LogP contribution in [0.5, 0.6) is 0 Å². The number of ether oxygens (including phenoxy) is 1. The molecule has 1 saturated heterocycles. The predicted molar refractivity (Wildman–Crippen MR) is 112 cm³/mol. The lowest BCUT2D eigenvalue weighted by Gasteiger charge is -2.24. The number of carbonyl (C=O) groups is 2. The number of fused-ring (bicyclic) bond motifs is 1. The van der Waals surface area contributed by atoms with Crippen molar-refractivity contribution in [3.05, 3.63) is 59.7 Å². The number of benzene rings is 2. The number of carbonyl (C=O) groups excluding carboxylic acids is 2. The Morgan fingerprint density at radius 3 is 2.57 bits per heavy atom. The number of sulfonamides is 1. The normalized spacial score (nSPS) is 18.4. The molecule has 2 aromatic rings. The molecule has 30 heavy (non-hydrogen) atoms. The Bertz CT molecular complexity index is 1080. The average Bonchev–Trinajstić information content (AvgIpc) is 3.39. The molecule has 2 aliphatic rings. The zero-order valence-corrected chi connectivity index (χ0v) is 17.6. The minimum Gasteiger partial charge on any atom is -0.452 e. The van der Waals surface area contributed by atoms with Crippen molar-refractivity contribution in [3.63, 3.8) is 0 Å². The minimum atomic E-state index is -3.85. The fourth-order valence-electron chi connectivity index (χ4n) is 4.07. The second kappa shape index (κ2) is 8.10. The fourth-order valence-corrected chi connectivity index (χ4v) is 5.81. The molecule has 2 aromatic carbocycles. The van der Waals surface area contributed by atoms with Crippen molar-refractivity contribution in [1.82, 2.24) is 4.90 Å². The third kappa shape index (κ3) is 3.79. The molecule has 158 valence electrons. The number of likely N-dealkylation sites (tertiary alicyclic amines) is 1. The number of esters is 1. The van der Waals surface area contributed by atoms with Gasteiger partial charge in [-0.05, 0) is 56.0 Å². The zero-order valence-electron chi connectivity index (χ0n) is 16.8. The Morgan fingerprint density at radius 2 is 1.80 bits per heavy atom. The molecular weight excluding hydrogens is 404 g/mol. The van der Waals surface area contributed by atoms with Crippen LogP contribution in [0.1, 0.15) is 35.7 Å². The van der Waals surface area contributed by atoms with Gasteiger partial charge < -0.3 is 9.64 Å². The topological polar surface area (TPSA) is 84.0 Å². The summed E-state index contributed by atoms with van der Waals surface area (Å²) in [4.78, 5) is 26.2. The molecule has 0 aliphatic carbocycles. The third-order valence-electron chi connectivity index (χ3n) is 5.56. The standard InChI is InChI=1S/C22H24N2O5S/c1-16-13-17-7-2-3-10-20(17)24(16)30(27,28)19-9-6-8-18(14-19)22(26)29-15-21(25)23-11-4-5-12-23/h2-3,6-10,14,16H,4-5,11-13,15H2,1H3/t16-/m1/s1. The van der Waals surface area contributed by atoms with E-state index in [4.69, 9.17) is 4.74 Å². The summed E-state index contributed by atoms with van der Waals surface area (Å²) < 4.78 is 33.2. The Hall–Kier alpha value is -2.87. The Balaban J connectivity index is 1.52. The predicted octanol–water partition coefficient (Wildman–Crippen LogP) is 2.61. The van der Waals surface area contributed by atoms with Gasteiger partial charge in [-0.15, -0.1) is 0 Å². The van der Waals surface area contributed by atoms with Crippen LogP contribution in [0.2, 0.25) is 0 Å². The lowest BCUT2D eigenvalue weighted by molar-refractivity contribution is -0.133. The van der Waals surface area contributed by atoms with Crippen molar-refractivity contribution in [2.45, 2.75) is 37.1 Å². The number of nitrogens with zero attached hydrogens (tertiary/aromatic N) is 2. The van der Waals surface area contributed by atoms with E-state index in [0.29, 0.717) is 25.2 Å². The number of hydrogen-bond acceptors (Lipinski definition) is 5. The molecule has 0 radical (unpaired) electrons. The fraction of sp³-hybridized carbons (Fsp3) is 0.364. The van der Waals surface area contributed by atoms with Crippen LogP contribution < -0.4 is 4.31 Å². The van der Waals surface area contributed by atoms with Gasteiger partial charge in [0, 0.05) is 19.1 Å². The van der Waals surface area contributed by atoms with Crippen molar-refractivity contribution < 1.29 is 22.7 Å². The Labute approximate surface area is 176 Å². The van der Waals surface area contributed by atoms with E-state index >= 15 is 0 Å². The van der Waals surface area contributed by atoms with Gasteiger partial charge >= 0.3 is 5.97 Å². The number of para-hydroxylation sites is 1. The molecule has 1 amide bonds. The first-order valence-electron chi connectivity index (χ1n) is 10.1. The number of anilines is 1. The second-order valence-corrected chi connectivity index (χ2v) is 9.49. The molecule has 2 heterocycles. The maximum Gasteiger partial charge on any atom is 0.338 e. The van der Waals surface area contributed by atoms with Crippen LogP contribution in [0.4, 0.5) is 5.69 Å². The summed E-state index contributed by atoms with van der Waals surface area (Å²) in [6.07, 6.45) is 2.55. The van der Waals surface area contributed by atoms with Gasteiger partial charge in [-0.2, -0.15) is 0 Å². The van der Waals surface area contributed by atoms with Gasteiger partial charge in [0.2, 0.25) is 0 Å². The summed E-state index contributed by atoms with van der Waals surface area (Å²) in [5.41, 5.74) is 1.74. The summed E-state index contributed by atoms with van der Waals surface area (Å²) in [5.74, 6) is -0.943. The summed E-state index contributed by atoms with van der Waals surface area (Å²) in [5, 5.41) is 0. The van der Waals surface area contributed by atoms with Crippen molar-refractivity contribution in [2.75, 3.05) is 24.0 Å². The average molecular weight is 429 g/mol. The van der Waals surface area contributed by atoms with Crippen LogP contribution in [0.15, 0.2) is 53.4 Å². The van der Waals surface area contributed by atoms with Gasteiger partial charge in [0.25, 0.3) is 15.9 Å². The molecule has 7 nitrogen and oxygen atoms in total. The molecule has 2 aliphatic heterocycles. The Kier molecular flexibility index (Phi) is 5.51. The molecule has 1 atom stereocenters. The number of rotatable bonds is 5. The van der Waals surface area contributed by atoms with E-state index in [1.54, 1.807) is 11.0 Å². The van der Waals surface area contributed by atoms with Crippen LogP contribution in [0.3, 0.4) is 0 Å². The smallest absolute Gasteiger partial charge is 0.338 e. The van der Waals surface area contributed by atoms with E-state index < -0.39 is 16.0 Å². The lowest BCUT2D eigenvalue weighted by atomic mass is 10.1. The molecule has 4 rings (SSSR count). The van der Waals surface area contributed by atoms with Crippen molar-refractivity contribution in [1.29, 1.82) is 0 Å². The molecule has 0 unspecified atom stereocenters. The largest absolute Gasteiger partial charge is 0.452 e. The molecule has 0 N–H and O–H groups in total. The van der Waals surface area contributed by atoms with Crippen LogP contribution in [-0.4, -0.2) is 50.9 Å². The third-order valence-corrected chi connectivity index (χ3v) is 7.48. The van der Waals surface area contributed by atoms with Gasteiger partial charge in [0.1, 0.15) is 0 Å². The maximum atomic E-state index is 13.3. The summed E-state index contributed by atoms with van der Waals surface area (Å²) >= 11 is 0. The van der Waals surface area contributed by atoms with E-state index in [0.717, 1.165) is 18.4 Å². The SMILES string of the molecule is C[C@@H]1Cc2ccccc2N1S(=O)(=O)c1cccc(C(=O)OCC(=O)N2CCCC2)c1. The monoisotopic (exact) mass is 428 g/mol. The summed E-state index contributed by atoms with van der Waals surface area (Å²) in [6, 6.07) is 13.0. The van der Waals surface area contributed by atoms with Crippen LogP contribution in [0.25, 0.3) is 0 Å². The first kappa shape index (κ1) is 20.4. The van der Waals surface area contributed by atoms with Gasteiger partial charge in [-0.25, -0.2) is 13.2 Å². The summed E-state index contributed by atoms with van der Waals surface area (Å²) in [6.45, 7) is 2.88.